The molecule has 0 saturated carbocycles. The Morgan fingerprint density at radius 2 is 1.84 bits per heavy atom. The molecule has 134 valence electrons. The number of hydrogen-bond donors (Lipinski definition) is 1. The van der Waals surface area contributed by atoms with Crippen LogP contribution < -0.4 is 10.1 Å². The Hall–Kier alpha value is -2.56. The molecule has 1 aliphatic rings. The van der Waals surface area contributed by atoms with E-state index in [1.165, 1.54) is 0 Å². The Morgan fingerprint density at radius 1 is 1.20 bits per heavy atom. The second kappa shape index (κ2) is 7.55. The van der Waals surface area contributed by atoms with Gasteiger partial charge in [-0.2, -0.15) is 0 Å². The zero-order valence-electron chi connectivity index (χ0n) is 15.2. The number of carbonyl (C=O) groups is 2. The monoisotopic (exact) mass is 343 g/mol. The lowest BCUT2D eigenvalue weighted by Gasteiger charge is -2.26. The van der Waals surface area contributed by atoms with Crippen molar-refractivity contribution < 1.29 is 19.1 Å². The third kappa shape index (κ3) is 5.21. The van der Waals surface area contributed by atoms with Crippen molar-refractivity contribution in [1.82, 2.24) is 5.32 Å². The maximum Gasteiger partial charge on any atom is 0.408 e. The van der Waals surface area contributed by atoms with Crippen molar-refractivity contribution >= 4 is 11.9 Å². The molecule has 1 aromatic rings. The molecule has 1 atom stereocenters. The fraction of sp³-hybridized carbons (Fsp3) is 0.400. The molecule has 2 rings (SSSR count). The van der Waals surface area contributed by atoms with Crippen LogP contribution >= 0.6 is 0 Å². The lowest BCUT2D eigenvalue weighted by Crippen LogP contribution is -2.35. The van der Waals surface area contributed by atoms with Crippen molar-refractivity contribution in [3.8, 4) is 5.75 Å². The van der Waals surface area contributed by atoms with Crippen LogP contribution in [0.2, 0.25) is 0 Å². The number of ketones is 1. The van der Waals surface area contributed by atoms with Crippen LogP contribution in [0, 0.1) is 0 Å². The molecule has 0 aliphatic heterocycles. The number of amides is 1. The average Bonchev–Trinajstić information content (AvgIpc) is 2.97. The van der Waals surface area contributed by atoms with Crippen molar-refractivity contribution in [2.45, 2.75) is 45.3 Å². The highest BCUT2D eigenvalue weighted by molar-refractivity contribution is 5.94. The van der Waals surface area contributed by atoms with Gasteiger partial charge in [-0.05, 0) is 62.1 Å². The molecule has 1 unspecified atom stereocenters. The van der Waals surface area contributed by atoms with Gasteiger partial charge in [0.2, 0.25) is 0 Å². The van der Waals surface area contributed by atoms with Gasteiger partial charge < -0.3 is 14.8 Å². The second-order valence-corrected chi connectivity index (χ2v) is 7.01. The summed E-state index contributed by atoms with van der Waals surface area (Å²) in [5.41, 5.74) is 1.80. The first kappa shape index (κ1) is 18.8. The van der Waals surface area contributed by atoms with Crippen LogP contribution in [0.3, 0.4) is 0 Å². The highest BCUT2D eigenvalue weighted by Crippen LogP contribution is 2.32. The summed E-state index contributed by atoms with van der Waals surface area (Å²) in [6.07, 6.45) is 2.20. The summed E-state index contributed by atoms with van der Waals surface area (Å²) >= 11 is 0. The van der Waals surface area contributed by atoms with Gasteiger partial charge in [-0.1, -0.05) is 18.7 Å². The lowest BCUT2D eigenvalue weighted by atomic mass is 9.93. The maximum atomic E-state index is 12.3. The van der Waals surface area contributed by atoms with Crippen molar-refractivity contribution in [2.75, 3.05) is 7.11 Å². The molecule has 5 heteroatoms. The van der Waals surface area contributed by atoms with Crippen molar-refractivity contribution in [1.29, 1.82) is 0 Å². The Balaban J connectivity index is 2.27. The molecule has 1 N–H and O–H groups in total. The summed E-state index contributed by atoms with van der Waals surface area (Å²) < 4.78 is 10.5. The zero-order chi connectivity index (χ0) is 18.6. The Labute approximate surface area is 148 Å². The zero-order valence-corrected chi connectivity index (χ0v) is 15.2. The van der Waals surface area contributed by atoms with Gasteiger partial charge in [-0.15, -0.1) is 0 Å². The van der Waals surface area contributed by atoms with Gasteiger partial charge in [0.05, 0.1) is 13.2 Å². The molecule has 0 heterocycles. The first-order chi connectivity index (χ1) is 11.7. The molecule has 25 heavy (non-hydrogen) atoms. The number of carbonyl (C=O) groups excluding carboxylic acids is 2. The van der Waals surface area contributed by atoms with E-state index in [4.69, 9.17) is 9.47 Å². The van der Waals surface area contributed by atoms with Gasteiger partial charge in [0, 0.05) is 6.42 Å². The fourth-order valence-electron chi connectivity index (χ4n) is 2.63. The van der Waals surface area contributed by atoms with E-state index in [1.54, 1.807) is 13.2 Å². The van der Waals surface area contributed by atoms with Crippen molar-refractivity contribution in [3.05, 3.63) is 53.6 Å². The van der Waals surface area contributed by atoms with Crippen molar-refractivity contribution in [3.63, 3.8) is 0 Å². The van der Waals surface area contributed by atoms with E-state index in [9.17, 15) is 9.59 Å². The first-order valence-corrected chi connectivity index (χ1v) is 8.25. The number of hydrogen-bond acceptors (Lipinski definition) is 4. The second-order valence-electron chi connectivity index (χ2n) is 7.01. The molecule has 5 nitrogen and oxygen atoms in total. The number of benzene rings is 1. The first-order valence-electron chi connectivity index (χ1n) is 8.25. The minimum absolute atomic E-state index is 0.0851. The largest absolute Gasteiger partial charge is 0.497 e. The van der Waals surface area contributed by atoms with Crippen LogP contribution in [-0.2, 0) is 9.53 Å². The number of nitrogens with one attached hydrogen (secondary N) is 1. The SMILES string of the molecule is C=C(C1=CC(=O)CC1)C(NC(=O)OC(C)(C)C)c1ccc(OC)cc1. The molecule has 0 saturated heterocycles. The molecule has 0 radical (unpaired) electrons. The number of alkyl carbamates (subject to hydrolysis) is 1. The molecule has 1 amide bonds. The molecule has 1 aromatic carbocycles. The third-order valence-corrected chi connectivity index (χ3v) is 3.85. The Morgan fingerprint density at radius 3 is 2.32 bits per heavy atom. The van der Waals surface area contributed by atoms with E-state index < -0.39 is 17.7 Å². The minimum atomic E-state index is -0.599. The van der Waals surface area contributed by atoms with Crippen LogP contribution in [0.25, 0.3) is 0 Å². The van der Waals surface area contributed by atoms with Crippen LogP contribution in [0.1, 0.15) is 45.2 Å². The van der Waals surface area contributed by atoms with Crippen LogP contribution in [0.4, 0.5) is 4.79 Å². The summed E-state index contributed by atoms with van der Waals surface area (Å²) in [5.74, 6) is 0.808. The summed E-state index contributed by atoms with van der Waals surface area (Å²) in [6, 6.07) is 6.89. The lowest BCUT2D eigenvalue weighted by molar-refractivity contribution is -0.114. The number of ether oxygens (including phenoxy) is 2. The molecular weight excluding hydrogens is 318 g/mol. The van der Waals surface area contributed by atoms with E-state index in [-0.39, 0.29) is 5.78 Å². The molecule has 0 fully saturated rings. The summed E-state index contributed by atoms with van der Waals surface area (Å²) in [5, 5.41) is 2.87. The predicted molar refractivity (Wildman–Crippen MR) is 96.6 cm³/mol. The van der Waals surface area contributed by atoms with Gasteiger partial charge in [-0.3, -0.25) is 4.79 Å². The summed E-state index contributed by atoms with van der Waals surface area (Å²) in [4.78, 5) is 23.8. The average molecular weight is 343 g/mol. The number of rotatable bonds is 5. The quantitative estimate of drug-likeness (QED) is 0.874. The molecular formula is C20H25NO4. The van der Waals surface area contributed by atoms with E-state index in [0.29, 0.717) is 18.4 Å². The van der Waals surface area contributed by atoms with E-state index in [2.05, 4.69) is 11.9 Å². The molecule has 1 aliphatic carbocycles. The summed E-state index contributed by atoms with van der Waals surface area (Å²) in [7, 11) is 1.60. The highest BCUT2D eigenvalue weighted by Gasteiger charge is 2.26. The van der Waals surface area contributed by atoms with Gasteiger partial charge >= 0.3 is 6.09 Å². The van der Waals surface area contributed by atoms with Gasteiger partial charge in [0.1, 0.15) is 11.4 Å². The topological polar surface area (TPSA) is 64.6 Å². The molecule has 0 aromatic heterocycles. The van der Waals surface area contributed by atoms with Crippen LogP contribution in [0.15, 0.2) is 48.1 Å². The normalized spacial score (nSPS) is 15.4. The van der Waals surface area contributed by atoms with Crippen LogP contribution in [0.5, 0.6) is 5.75 Å². The summed E-state index contributed by atoms with van der Waals surface area (Å²) in [6.45, 7) is 9.54. The predicted octanol–water partition coefficient (Wildman–Crippen LogP) is 4.11. The van der Waals surface area contributed by atoms with E-state index in [1.807, 2.05) is 45.0 Å². The Kier molecular flexibility index (Phi) is 5.67. The third-order valence-electron chi connectivity index (χ3n) is 3.85. The van der Waals surface area contributed by atoms with E-state index >= 15 is 0 Å². The number of methoxy groups -OCH3 is 1. The fourth-order valence-corrected chi connectivity index (χ4v) is 2.63. The standard InChI is InChI=1S/C20H25NO4/c1-13(15-6-9-16(22)12-15)18(21-19(23)25-20(2,3)4)14-7-10-17(24-5)11-8-14/h7-8,10-12,18H,1,6,9H2,2-5H3,(H,21,23). The highest BCUT2D eigenvalue weighted by atomic mass is 16.6. The molecule has 0 bridgehead atoms. The van der Waals surface area contributed by atoms with Gasteiger partial charge in [0.15, 0.2) is 5.78 Å². The smallest absolute Gasteiger partial charge is 0.408 e. The van der Waals surface area contributed by atoms with Crippen LogP contribution in [-0.4, -0.2) is 24.6 Å². The Bertz CT molecular complexity index is 695. The van der Waals surface area contributed by atoms with E-state index in [0.717, 1.165) is 16.9 Å². The van der Waals surface area contributed by atoms with Gasteiger partial charge in [0.25, 0.3) is 0 Å². The number of allylic oxidation sites excluding steroid dienone is 1. The van der Waals surface area contributed by atoms with Gasteiger partial charge in [-0.25, -0.2) is 4.79 Å². The minimum Gasteiger partial charge on any atom is -0.497 e. The molecule has 0 spiro atoms. The maximum absolute atomic E-state index is 12.3. The van der Waals surface area contributed by atoms with Crippen molar-refractivity contribution in [2.24, 2.45) is 0 Å².